The van der Waals surface area contributed by atoms with Crippen LogP contribution in [0.4, 0.5) is 34.1 Å². The predicted molar refractivity (Wildman–Crippen MR) is 366 cm³/mol. The van der Waals surface area contributed by atoms with Crippen LogP contribution in [0, 0.1) is 110 Å². The van der Waals surface area contributed by atoms with Crippen LogP contribution in [0.25, 0.3) is 72.0 Å². The number of para-hydroxylation sites is 2. The van der Waals surface area contributed by atoms with E-state index in [-0.39, 0.29) is 0 Å². The van der Waals surface area contributed by atoms with Crippen LogP contribution >= 0.6 is 0 Å². The van der Waals surface area contributed by atoms with Crippen molar-refractivity contribution in [1.29, 1.82) is 0 Å². The molecule has 0 spiro atoms. The molecule has 3 heteroatoms. The Balaban J connectivity index is 0.969. The van der Waals surface area contributed by atoms with Crippen LogP contribution in [-0.2, 0) is 5.41 Å². The number of rotatable bonds is 10. The van der Waals surface area contributed by atoms with Crippen molar-refractivity contribution in [2.24, 2.45) is 0 Å². The number of hydrogen-bond donors (Lipinski definition) is 0. The molecule has 88 heavy (non-hydrogen) atoms. The van der Waals surface area contributed by atoms with Crippen molar-refractivity contribution in [3.63, 3.8) is 0 Å². The summed E-state index contributed by atoms with van der Waals surface area (Å²) >= 11 is 0. The molecule has 0 N–H and O–H groups in total. The van der Waals surface area contributed by atoms with Gasteiger partial charge in [0.2, 0.25) is 0 Å². The lowest BCUT2D eigenvalue weighted by atomic mass is 9.78. The quantitative estimate of drug-likeness (QED) is 0.126. The summed E-state index contributed by atoms with van der Waals surface area (Å²) in [6, 6.07) is 93.0. The summed E-state index contributed by atoms with van der Waals surface area (Å²) in [5, 5.41) is 2.11. The molecule has 0 unspecified atom stereocenters. The summed E-state index contributed by atoms with van der Waals surface area (Å²) in [5.41, 5.74) is 20.9. The maximum absolute atomic E-state index is 5.47. The van der Waals surface area contributed by atoms with Crippen LogP contribution in [0.5, 0.6) is 0 Å². The summed E-state index contributed by atoms with van der Waals surface area (Å²) in [7, 11) is 0. The first-order valence-corrected chi connectivity index (χ1v) is 28.8. The van der Waals surface area contributed by atoms with Gasteiger partial charge in [-0.2, -0.15) is 0 Å². The fraction of sp³-hybridized carbons (Fsp3) is 0.0353. The third kappa shape index (κ3) is 10.7. The van der Waals surface area contributed by atoms with Crippen molar-refractivity contribution in [3.8, 4) is 146 Å². The number of aromatic nitrogens is 1. The van der Waals surface area contributed by atoms with Crippen LogP contribution < -0.4 is 9.80 Å². The van der Waals surface area contributed by atoms with Crippen LogP contribution in [0.3, 0.4) is 0 Å². The molecule has 3 nitrogen and oxygen atoms in total. The fourth-order valence-electron chi connectivity index (χ4n) is 11.8. The Labute approximate surface area is 515 Å². The lowest BCUT2D eigenvalue weighted by Gasteiger charge is -2.26. The van der Waals surface area contributed by atoms with Gasteiger partial charge in [0.25, 0.3) is 0 Å². The molecule has 13 rings (SSSR count). The summed E-state index contributed by atoms with van der Waals surface area (Å²) in [5.74, 6) is 40.4. The zero-order valence-corrected chi connectivity index (χ0v) is 48.3. The van der Waals surface area contributed by atoms with Crippen molar-refractivity contribution in [1.82, 2.24) is 4.57 Å². The first-order chi connectivity index (χ1) is 43.4. The van der Waals surface area contributed by atoms with Gasteiger partial charge in [0.15, 0.2) is 0 Å². The maximum Gasteiger partial charge on any atom is 0.145 e. The van der Waals surface area contributed by atoms with E-state index in [0.29, 0.717) is 0 Å². The SMILES string of the molecule is C#CC#CC#CC#CC1(C#CC#CC#CC#C)c2cc(-c3ccc(N(c4ccccc4)c4ccc(C)cc4)cc3)ccc2-c2cc3c(cc21)c1cc(-c2ccccc2)ccc1n3-c1ccc(-c2ccc(N(c3ccccc3)c3ccc(C)cc3)cc2)cc1. The lowest BCUT2D eigenvalue weighted by Crippen LogP contribution is -2.21. The Morgan fingerprint density at radius 3 is 1.19 bits per heavy atom. The zero-order chi connectivity index (χ0) is 59.8. The zero-order valence-electron chi connectivity index (χ0n) is 48.3. The van der Waals surface area contributed by atoms with Gasteiger partial charge in [-0.25, -0.2) is 0 Å². The number of terminal acetylenes is 2. The summed E-state index contributed by atoms with van der Waals surface area (Å²) in [4.78, 5) is 4.56. The van der Waals surface area contributed by atoms with E-state index >= 15 is 0 Å². The van der Waals surface area contributed by atoms with E-state index in [1.54, 1.807) is 0 Å². The topological polar surface area (TPSA) is 11.4 Å². The van der Waals surface area contributed by atoms with E-state index < -0.39 is 5.41 Å². The van der Waals surface area contributed by atoms with Gasteiger partial charge in [-0.3, -0.25) is 0 Å². The monoisotopic (exact) mass is 1110 g/mol. The fourth-order valence-corrected chi connectivity index (χ4v) is 11.8. The number of hydrogen-bond acceptors (Lipinski definition) is 2. The Kier molecular flexibility index (Phi) is 15.0. The van der Waals surface area contributed by atoms with Crippen LogP contribution in [0.15, 0.2) is 261 Å². The second kappa shape index (κ2) is 24.3. The molecule has 0 fully saturated rings. The van der Waals surface area contributed by atoms with E-state index in [1.807, 2.05) is 12.1 Å². The number of anilines is 6. The molecule has 0 atom stereocenters. The molecule has 1 aliphatic rings. The Hall–Kier alpha value is -12.7. The van der Waals surface area contributed by atoms with Gasteiger partial charge in [-0.15, -0.1) is 12.8 Å². The van der Waals surface area contributed by atoms with Gasteiger partial charge in [-0.05, 0) is 256 Å². The summed E-state index contributed by atoms with van der Waals surface area (Å²) in [6.45, 7) is 4.22. The van der Waals surface area contributed by atoms with Crippen molar-refractivity contribution < 1.29 is 0 Å². The van der Waals surface area contributed by atoms with Gasteiger partial charge in [0.05, 0.1) is 11.0 Å². The second-order valence-electron chi connectivity index (χ2n) is 21.3. The second-order valence-corrected chi connectivity index (χ2v) is 21.3. The van der Waals surface area contributed by atoms with Crippen molar-refractivity contribution >= 4 is 55.9 Å². The molecule has 406 valence electrons. The molecule has 11 aromatic carbocycles. The van der Waals surface area contributed by atoms with Gasteiger partial charge in [0.1, 0.15) is 5.41 Å². The lowest BCUT2D eigenvalue weighted by molar-refractivity contribution is 0.920. The standard InChI is InChI=1S/C85H51N3/c1-5-7-9-11-13-24-56-85(57-25-14-12-10-8-6-2)81-59-69(67-40-50-75(51-41-67)87(71-30-22-17-23-31-71)73-46-34-63(4)35-47-73)42-54-77(81)78-61-84-80(60-82(78)85)79-58-68(64-26-18-15-19-27-64)43-55-83(79)88(84)76-52-38-66(39-53-76)65-36-48-74(49-37-65)86(70-28-20-16-21-29-70)72-44-32-62(3)33-45-72/h1-2,15-23,26-55,58-61H,3-4H3. The molecule has 0 aliphatic heterocycles. The van der Waals surface area contributed by atoms with E-state index in [2.05, 4.69) is 360 Å². The molecule has 0 saturated carbocycles. The van der Waals surface area contributed by atoms with Crippen LogP contribution in [0.1, 0.15) is 22.3 Å². The largest absolute Gasteiger partial charge is 0.311 e. The Morgan fingerprint density at radius 2 is 0.682 bits per heavy atom. The normalized spacial score (nSPS) is 11.0. The molecule has 12 aromatic rings. The highest BCUT2D eigenvalue weighted by Gasteiger charge is 2.42. The third-order valence-corrected chi connectivity index (χ3v) is 15.9. The first kappa shape index (κ1) is 54.5. The van der Waals surface area contributed by atoms with Gasteiger partial charge in [0, 0.05) is 50.6 Å². The van der Waals surface area contributed by atoms with Gasteiger partial charge in [-0.1, -0.05) is 169 Å². The molecule has 1 heterocycles. The molecule has 0 bridgehead atoms. The number of benzene rings is 11. The minimum absolute atomic E-state index is 0.900. The average molecular weight is 1110 g/mol. The van der Waals surface area contributed by atoms with Crippen LogP contribution in [-0.4, -0.2) is 4.57 Å². The highest BCUT2D eigenvalue weighted by atomic mass is 15.1. The minimum atomic E-state index is -1.23. The number of nitrogens with zero attached hydrogens (tertiary/aromatic N) is 3. The predicted octanol–water partition coefficient (Wildman–Crippen LogP) is 18.9. The average Bonchev–Trinajstić information content (AvgIpc) is 1.56. The third-order valence-electron chi connectivity index (χ3n) is 15.9. The van der Waals surface area contributed by atoms with E-state index in [9.17, 15) is 0 Å². The van der Waals surface area contributed by atoms with Crippen molar-refractivity contribution in [2.45, 2.75) is 19.3 Å². The highest BCUT2D eigenvalue weighted by molar-refractivity contribution is 6.13. The number of fused-ring (bicyclic) bond motifs is 6. The number of aryl methyl sites for hydroxylation is 2. The maximum atomic E-state index is 5.47. The molecule has 0 radical (unpaired) electrons. The van der Waals surface area contributed by atoms with Crippen LogP contribution in [0.2, 0.25) is 0 Å². The summed E-state index contributed by atoms with van der Waals surface area (Å²) in [6.07, 6.45) is 10.9. The molecule has 0 saturated heterocycles. The van der Waals surface area contributed by atoms with Gasteiger partial charge < -0.3 is 14.4 Å². The van der Waals surface area contributed by atoms with Crippen molar-refractivity contribution in [2.75, 3.05) is 9.80 Å². The molecule has 1 aliphatic carbocycles. The van der Waals surface area contributed by atoms with Crippen molar-refractivity contribution in [3.05, 3.63) is 283 Å². The van der Waals surface area contributed by atoms with E-state index in [1.165, 1.54) is 11.1 Å². The Morgan fingerprint density at radius 1 is 0.307 bits per heavy atom. The van der Waals surface area contributed by atoms with E-state index in [4.69, 9.17) is 12.8 Å². The minimum Gasteiger partial charge on any atom is -0.311 e. The summed E-state index contributed by atoms with van der Waals surface area (Å²) < 4.78 is 2.37. The first-order valence-electron chi connectivity index (χ1n) is 28.8. The highest BCUT2D eigenvalue weighted by Crippen LogP contribution is 2.53. The van der Waals surface area contributed by atoms with E-state index in [0.717, 1.165) is 117 Å². The molecule has 1 aromatic heterocycles. The Bertz CT molecular complexity index is 5090. The molecule has 0 amide bonds. The van der Waals surface area contributed by atoms with Gasteiger partial charge >= 0.3 is 0 Å². The molecular formula is C85H51N3. The smallest absolute Gasteiger partial charge is 0.145 e. The molecular weight excluding hydrogens is 1060 g/mol.